The maximum absolute atomic E-state index is 13.3. The van der Waals surface area contributed by atoms with Gasteiger partial charge in [0.25, 0.3) is 17.5 Å². The van der Waals surface area contributed by atoms with Crippen LogP contribution in [0, 0.1) is 24.0 Å². The summed E-state index contributed by atoms with van der Waals surface area (Å²) in [5.74, 6) is -1.37. The molecule has 0 atom stereocenters. The van der Waals surface area contributed by atoms with Gasteiger partial charge in [-0.15, -0.1) is 0 Å². The molecule has 1 saturated heterocycles. The number of carbonyl (C=O) groups is 2. The molecule has 38 heavy (non-hydrogen) atoms. The van der Waals surface area contributed by atoms with E-state index in [-0.39, 0.29) is 22.1 Å². The summed E-state index contributed by atoms with van der Waals surface area (Å²) in [4.78, 5) is 37.7. The Morgan fingerprint density at radius 3 is 2.45 bits per heavy atom. The number of halogens is 3. The Morgan fingerprint density at radius 2 is 1.82 bits per heavy atom. The molecule has 1 aromatic heterocycles. The Kier molecular flexibility index (Phi) is 6.80. The van der Waals surface area contributed by atoms with Crippen molar-refractivity contribution in [2.75, 3.05) is 12.0 Å². The first kappa shape index (κ1) is 26.5. The van der Waals surface area contributed by atoms with Crippen molar-refractivity contribution in [2.45, 2.75) is 20.0 Å². The molecule has 1 N–H and O–H groups in total. The van der Waals surface area contributed by atoms with Crippen LogP contribution in [0.3, 0.4) is 0 Å². The number of benzene rings is 2. The van der Waals surface area contributed by atoms with Gasteiger partial charge in [0, 0.05) is 23.5 Å². The number of nitro groups is 1. The van der Waals surface area contributed by atoms with Gasteiger partial charge in [0.15, 0.2) is 5.11 Å². The standard InChI is InChI=1S/C25H19F3N4O5S/c1-13-9-15(14(2)30(13)20-12-18(32(35)36)7-8-21(20)37-3)10-19-22(33)29-24(38)31(23(19)34)17-6-4-5-16(11-17)25(26,27)28/h4-12H,1-3H3,(H,29,33,38)/b19-10+. The van der Waals surface area contributed by atoms with Gasteiger partial charge in [-0.05, 0) is 68.0 Å². The number of thiocarbonyl (C=S) groups is 1. The van der Waals surface area contributed by atoms with Gasteiger partial charge < -0.3 is 9.30 Å². The number of nitrogens with zero attached hydrogens (tertiary/aromatic N) is 3. The lowest BCUT2D eigenvalue weighted by Gasteiger charge is -2.29. The molecule has 4 rings (SSSR count). The second kappa shape index (κ2) is 9.74. The third kappa shape index (κ3) is 4.75. The zero-order chi connectivity index (χ0) is 27.9. The summed E-state index contributed by atoms with van der Waals surface area (Å²) in [6.45, 7) is 3.40. The van der Waals surface area contributed by atoms with E-state index < -0.39 is 28.5 Å². The monoisotopic (exact) mass is 544 g/mol. The molecule has 0 aliphatic carbocycles. The number of non-ortho nitro benzene ring substituents is 1. The first-order valence-electron chi connectivity index (χ1n) is 10.9. The van der Waals surface area contributed by atoms with Gasteiger partial charge in [-0.1, -0.05) is 6.07 Å². The summed E-state index contributed by atoms with van der Waals surface area (Å²) in [7, 11) is 1.41. The van der Waals surface area contributed by atoms with Crippen molar-refractivity contribution < 1.29 is 32.4 Å². The van der Waals surface area contributed by atoms with Gasteiger partial charge in [0.1, 0.15) is 11.3 Å². The van der Waals surface area contributed by atoms with E-state index >= 15 is 0 Å². The minimum Gasteiger partial charge on any atom is -0.495 e. The molecule has 2 aromatic carbocycles. The zero-order valence-corrected chi connectivity index (χ0v) is 20.9. The van der Waals surface area contributed by atoms with Crippen LogP contribution in [0.5, 0.6) is 5.75 Å². The predicted molar refractivity (Wildman–Crippen MR) is 136 cm³/mol. The average molecular weight is 545 g/mol. The Labute approximate surface area is 219 Å². The fraction of sp³-hybridized carbons (Fsp3) is 0.160. The Hall–Kier alpha value is -4.52. The minimum absolute atomic E-state index is 0.160. The Morgan fingerprint density at radius 1 is 1.11 bits per heavy atom. The Bertz CT molecular complexity index is 1540. The van der Waals surface area contributed by atoms with E-state index in [4.69, 9.17) is 17.0 Å². The largest absolute Gasteiger partial charge is 0.495 e. The number of nitrogens with one attached hydrogen (secondary N) is 1. The van der Waals surface area contributed by atoms with E-state index in [0.717, 1.165) is 23.1 Å². The maximum Gasteiger partial charge on any atom is 0.416 e. The number of aryl methyl sites for hydroxylation is 1. The Balaban J connectivity index is 1.80. The van der Waals surface area contributed by atoms with Gasteiger partial charge in [-0.25, -0.2) is 0 Å². The van der Waals surface area contributed by atoms with Gasteiger partial charge in [0.05, 0.1) is 29.0 Å². The number of ether oxygens (including phenoxy) is 1. The number of anilines is 1. The molecule has 1 aliphatic rings. The van der Waals surface area contributed by atoms with Crippen LogP contribution in [-0.2, 0) is 15.8 Å². The third-order valence-corrected chi connectivity index (χ3v) is 6.20. The maximum atomic E-state index is 13.3. The van der Waals surface area contributed by atoms with Crippen LogP contribution in [0.25, 0.3) is 11.8 Å². The van der Waals surface area contributed by atoms with E-state index in [2.05, 4.69) is 5.32 Å². The molecule has 196 valence electrons. The summed E-state index contributed by atoms with van der Waals surface area (Å²) in [6, 6.07) is 9.77. The summed E-state index contributed by atoms with van der Waals surface area (Å²) in [5, 5.41) is 13.3. The topological polar surface area (TPSA) is 107 Å². The van der Waals surface area contributed by atoms with Crippen molar-refractivity contribution >= 4 is 46.6 Å². The van der Waals surface area contributed by atoms with Crippen molar-refractivity contribution in [3.05, 3.63) is 86.7 Å². The van der Waals surface area contributed by atoms with E-state index in [1.165, 1.54) is 37.5 Å². The fourth-order valence-electron chi connectivity index (χ4n) is 4.14. The van der Waals surface area contributed by atoms with Crippen molar-refractivity contribution in [3.63, 3.8) is 0 Å². The van der Waals surface area contributed by atoms with Crippen molar-refractivity contribution in [1.29, 1.82) is 0 Å². The molecule has 1 fully saturated rings. The third-order valence-electron chi connectivity index (χ3n) is 5.92. The molecule has 13 heteroatoms. The minimum atomic E-state index is -4.65. The number of rotatable bonds is 5. The van der Waals surface area contributed by atoms with E-state index in [1.54, 1.807) is 24.5 Å². The summed E-state index contributed by atoms with van der Waals surface area (Å²) < 4.78 is 46.7. The number of amides is 2. The van der Waals surface area contributed by atoms with Crippen molar-refractivity contribution in [2.24, 2.45) is 0 Å². The molecule has 0 bridgehead atoms. The van der Waals surface area contributed by atoms with Crippen LogP contribution in [0.15, 0.2) is 54.1 Å². The number of alkyl halides is 3. The second-order valence-electron chi connectivity index (χ2n) is 8.28. The lowest BCUT2D eigenvalue weighted by molar-refractivity contribution is -0.384. The van der Waals surface area contributed by atoms with Crippen LogP contribution in [0.2, 0.25) is 0 Å². The first-order chi connectivity index (χ1) is 17.8. The van der Waals surface area contributed by atoms with Crippen LogP contribution >= 0.6 is 12.2 Å². The zero-order valence-electron chi connectivity index (χ0n) is 20.1. The molecule has 9 nitrogen and oxygen atoms in total. The molecule has 0 spiro atoms. The van der Waals surface area contributed by atoms with E-state index in [9.17, 15) is 32.9 Å². The highest BCUT2D eigenvalue weighted by Gasteiger charge is 2.37. The van der Waals surface area contributed by atoms with Crippen LogP contribution in [0.1, 0.15) is 22.5 Å². The molecule has 0 radical (unpaired) electrons. The molecular weight excluding hydrogens is 525 g/mol. The number of carbonyl (C=O) groups excluding carboxylic acids is 2. The van der Waals surface area contributed by atoms with Gasteiger partial charge >= 0.3 is 6.18 Å². The van der Waals surface area contributed by atoms with Gasteiger partial charge in [-0.3, -0.25) is 29.9 Å². The summed E-state index contributed by atoms with van der Waals surface area (Å²) >= 11 is 5.08. The highest BCUT2D eigenvalue weighted by atomic mass is 32.1. The smallest absolute Gasteiger partial charge is 0.416 e. The van der Waals surface area contributed by atoms with Crippen LogP contribution in [0.4, 0.5) is 24.5 Å². The number of hydrogen-bond acceptors (Lipinski definition) is 6. The number of hydrogen-bond donors (Lipinski definition) is 1. The normalized spacial score (nSPS) is 15.2. The predicted octanol–water partition coefficient (Wildman–Crippen LogP) is 4.86. The van der Waals surface area contributed by atoms with E-state index in [1.807, 2.05) is 0 Å². The molecule has 2 heterocycles. The molecule has 0 unspecified atom stereocenters. The van der Waals surface area contributed by atoms with Crippen molar-refractivity contribution in [3.8, 4) is 11.4 Å². The lowest BCUT2D eigenvalue weighted by atomic mass is 10.1. The van der Waals surface area contributed by atoms with Gasteiger partial charge in [-0.2, -0.15) is 13.2 Å². The summed E-state index contributed by atoms with van der Waals surface area (Å²) in [6.07, 6.45) is -3.35. The van der Waals surface area contributed by atoms with Crippen molar-refractivity contribution in [1.82, 2.24) is 9.88 Å². The second-order valence-corrected chi connectivity index (χ2v) is 8.67. The molecule has 2 amide bonds. The number of aromatic nitrogens is 1. The molecule has 0 saturated carbocycles. The molecular formula is C25H19F3N4O5S. The number of nitro benzene ring substituents is 1. The van der Waals surface area contributed by atoms with Crippen LogP contribution < -0.4 is 15.0 Å². The lowest BCUT2D eigenvalue weighted by Crippen LogP contribution is -2.54. The number of methoxy groups -OCH3 is 1. The average Bonchev–Trinajstić information content (AvgIpc) is 3.13. The quantitative estimate of drug-likeness (QED) is 0.162. The molecule has 3 aromatic rings. The van der Waals surface area contributed by atoms with Crippen LogP contribution in [-0.4, -0.2) is 33.5 Å². The first-order valence-corrected chi connectivity index (χ1v) is 11.3. The van der Waals surface area contributed by atoms with E-state index in [0.29, 0.717) is 28.4 Å². The van der Waals surface area contributed by atoms with Gasteiger partial charge in [0.2, 0.25) is 0 Å². The highest BCUT2D eigenvalue weighted by molar-refractivity contribution is 7.80. The summed E-state index contributed by atoms with van der Waals surface area (Å²) in [5.41, 5.74) is 0.256. The highest BCUT2D eigenvalue weighted by Crippen LogP contribution is 2.34. The fourth-order valence-corrected chi connectivity index (χ4v) is 4.42. The SMILES string of the molecule is COc1ccc([N+](=O)[O-])cc1-n1c(C)cc(/C=C2\C(=O)NC(=S)N(c3cccc(C(F)(F)F)c3)C2=O)c1C. The molecule has 1 aliphatic heterocycles.